The molecule has 1 aliphatic rings. The van der Waals surface area contributed by atoms with Crippen LogP contribution < -0.4 is 10.5 Å². The van der Waals surface area contributed by atoms with Crippen LogP contribution in [0.3, 0.4) is 0 Å². The van der Waals surface area contributed by atoms with Crippen molar-refractivity contribution >= 4 is 17.4 Å². The van der Waals surface area contributed by atoms with Crippen LogP contribution in [0.1, 0.15) is 24.5 Å². The largest absolute Gasteiger partial charge is 0.493 e. The molecule has 1 aromatic rings. The van der Waals surface area contributed by atoms with Crippen LogP contribution in [-0.2, 0) is 13.0 Å². The molecule has 1 unspecified atom stereocenters. The Labute approximate surface area is 119 Å². The maximum absolute atomic E-state index is 7.36. The topological polar surface area (TPSA) is 62.3 Å². The minimum Gasteiger partial charge on any atom is -0.493 e. The lowest BCUT2D eigenvalue weighted by molar-refractivity contribution is 0.249. The Morgan fingerprint density at radius 1 is 1.58 bits per heavy atom. The Bertz CT molecular complexity index is 490. The summed E-state index contributed by atoms with van der Waals surface area (Å²) in [4.78, 5) is 2.16. The summed E-state index contributed by atoms with van der Waals surface area (Å²) in [5, 5.41) is 8.12. The van der Waals surface area contributed by atoms with E-state index in [0.29, 0.717) is 6.42 Å². The Balaban J connectivity index is 2.13. The maximum atomic E-state index is 7.36. The van der Waals surface area contributed by atoms with Gasteiger partial charge in [-0.05, 0) is 31.7 Å². The zero-order valence-corrected chi connectivity index (χ0v) is 12.1. The number of hydrogen-bond donors (Lipinski definition) is 2. The summed E-state index contributed by atoms with van der Waals surface area (Å²) in [6, 6.07) is 4.16. The third kappa shape index (κ3) is 3.39. The van der Waals surface area contributed by atoms with Gasteiger partial charge in [-0.3, -0.25) is 10.3 Å². The van der Waals surface area contributed by atoms with E-state index < -0.39 is 0 Å². The lowest BCUT2D eigenvalue weighted by Gasteiger charge is -2.25. The number of benzene rings is 1. The zero-order valence-electron chi connectivity index (χ0n) is 11.4. The number of amidine groups is 1. The highest BCUT2D eigenvalue weighted by atomic mass is 35.5. The van der Waals surface area contributed by atoms with Gasteiger partial charge in [0, 0.05) is 36.0 Å². The summed E-state index contributed by atoms with van der Waals surface area (Å²) < 4.78 is 5.69. The molecule has 0 amide bonds. The zero-order chi connectivity index (χ0) is 14.0. The molecule has 4 nitrogen and oxygen atoms in total. The van der Waals surface area contributed by atoms with E-state index >= 15 is 0 Å². The number of nitrogens with one attached hydrogen (secondary N) is 1. The van der Waals surface area contributed by atoms with Crippen molar-refractivity contribution < 1.29 is 4.74 Å². The van der Waals surface area contributed by atoms with E-state index in [9.17, 15) is 0 Å². The molecule has 0 saturated carbocycles. The Kier molecular flexibility index (Phi) is 4.32. The Morgan fingerprint density at radius 2 is 2.32 bits per heavy atom. The summed E-state index contributed by atoms with van der Waals surface area (Å²) in [6.45, 7) is 3.54. The molecule has 1 aliphatic heterocycles. The molecule has 0 saturated heterocycles. The molecule has 104 valence electrons. The van der Waals surface area contributed by atoms with Crippen LogP contribution in [0.15, 0.2) is 12.1 Å². The molecule has 1 aromatic carbocycles. The number of ether oxygens (including phenoxy) is 1. The van der Waals surface area contributed by atoms with E-state index in [1.165, 1.54) is 5.56 Å². The highest BCUT2D eigenvalue weighted by Gasteiger charge is 2.20. The maximum Gasteiger partial charge on any atom is 0.127 e. The third-order valence-electron chi connectivity index (χ3n) is 3.51. The number of halogens is 1. The van der Waals surface area contributed by atoms with Crippen LogP contribution in [0.5, 0.6) is 5.75 Å². The predicted molar refractivity (Wildman–Crippen MR) is 78.1 cm³/mol. The van der Waals surface area contributed by atoms with Crippen molar-refractivity contribution in [2.45, 2.75) is 32.4 Å². The monoisotopic (exact) mass is 281 g/mol. The predicted octanol–water partition coefficient (Wildman–Crippen LogP) is 2.42. The molecule has 1 heterocycles. The standard InChI is InChI=1S/C14H20ClN3O/c1-9(5-13(16)17)18(2)8-11-7-12(15)6-10-3-4-19-14(10)11/h6-7,9H,3-5,8H2,1-2H3,(H3,16,17). The van der Waals surface area contributed by atoms with Crippen molar-refractivity contribution in [2.24, 2.45) is 5.73 Å². The fourth-order valence-corrected chi connectivity index (χ4v) is 2.63. The van der Waals surface area contributed by atoms with Crippen LogP contribution in [0.25, 0.3) is 0 Å². The van der Waals surface area contributed by atoms with Crippen LogP contribution >= 0.6 is 11.6 Å². The number of hydrogen-bond acceptors (Lipinski definition) is 3. The first-order valence-electron chi connectivity index (χ1n) is 6.44. The molecule has 0 radical (unpaired) electrons. The minimum absolute atomic E-state index is 0.215. The van der Waals surface area contributed by atoms with E-state index in [1.54, 1.807) is 0 Å². The first-order valence-corrected chi connectivity index (χ1v) is 6.82. The summed E-state index contributed by atoms with van der Waals surface area (Å²) in [6.07, 6.45) is 1.50. The lowest BCUT2D eigenvalue weighted by Crippen LogP contribution is -2.32. The second kappa shape index (κ2) is 5.80. The normalized spacial score (nSPS) is 15.2. The van der Waals surface area contributed by atoms with Crippen molar-refractivity contribution in [3.8, 4) is 5.75 Å². The van der Waals surface area contributed by atoms with Crippen LogP contribution in [0.4, 0.5) is 0 Å². The molecule has 0 aromatic heterocycles. The van der Waals surface area contributed by atoms with Gasteiger partial charge in [0.25, 0.3) is 0 Å². The molecular weight excluding hydrogens is 262 g/mol. The minimum atomic E-state index is 0.215. The van der Waals surface area contributed by atoms with Crippen molar-refractivity contribution in [2.75, 3.05) is 13.7 Å². The summed E-state index contributed by atoms with van der Waals surface area (Å²) >= 11 is 6.15. The van der Waals surface area contributed by atoms with Crippen molar-refractivity contribution in [3.05, 3.63) is 28.3 Å². The van der Waals surface area contributed by atoms with Crippen molar-refractivity contribution in [3.63, 3.8) is 0 Å². The molecule has 0 bridgehead atoms. The van der Waals surface area contributed by atoms with Gasteiger partial charge >= 0.3 is 0 Å². The number of rotatable bonds is 5. The fraction of sp³-hybridized carbons (Fsp3) is 0.500. The van der Waals surface area contributed by atoms with E-state index in [0.717, 1.165) is 35.9 Å². The first kappa shape index (κ1) is 14.2. The second-order valence-corrected chi connectivity index (χ2v) is 5.58. The molecule has 5 heteroatoms. The highest BCUT2D eigenvalue weighted by Crippen LogP contribution is 2.33. The van der Waals surface area contributed by atoms with Gasteiger partial charge < -0.3 is 10.5 Å². The number of nitrogens with zero attached hydrogens (tertiary/aromatic N) is 1. The molecule has 3 N–H and O–H groups in total. The molecule has 0 spiro atoms. The molecule has 19 heavy (non-hydrogen) atoms. The molecule has 2 rings (SSSR count). The Hall–Kier alpha value is -1.26. The van der Waals surface area contributed by atoms with Crippen LogP contribution in [0, 0.1) is 5.41 Å². The van der Waals surface area contributed by atoms with E-state index in [-0.39, 0.29) is 11.9 Å². The van der Waals surface area contributed by atoms with Gasteiger partial charge in [-0.1, -0.05) is 11.6 Å². The van der Waals surface area contributed by atoms with Gasteiger partial charge in [-0.2, -0.15) is 0 Å². The van der Waals surface area contributed by atoms with Crippen molar-refractivity contribution in [1.82, 2.24) is 4.90 Å². The van der Waals surface area contributed by atoms with E-state index in [2.05, 4.69) is 11.8 Å². The van der Waals surface area contributed by atoms with Crippen LogP contribution in [0.2, 0.25) is 5.02 Å². The van der Waals surface area contributed by atoms with Gasteiger partial charge in [0.05, 0.1) is 12.4 Å². The average Bonchev–Trinajstić information content (AvgIpc) is 2.75. The Morgan fingerprint density at radius 3 is 3.00 bits per heavy atom. The lowest BCUT2D eigenvalue weighted by atomic mass is 10.1. The molecule has 1 atom stereocenters. The SMILES string of the molecule is CC(CC(=N)N)N(C)Cc1cc(Cl)cc2c1OCC2. The highest BCUT2D eigenvalue weighted by molar-refractivity contribution is 6.30. The van der Waals surface area contributed by atoms with Gasteiger partial charge in [-0.15, -0.1) is 0 Å². The van der Waals surface area contributed by atoms with Gasteiger partial charge in [0.1, 0.15) is 5.75 Å². The van der Waals surface area contributed by atoms with E-state index in [4.69, 9.17) is 27.5 Å². The van der Waals surface area contributed by atoms with E-state index in [1.807, 2.05) is 19.2 Å². The van der Waals surface area contributed by atoms with Crippen LogP contribution in [-0.4, -0.2) is 30.4 Å². The number of fused-ring (bicyclic) bond motifs is 1. The van der Waals surface area contributed by atoms with Crippen molar-refractivity contribution in [1.29, 1.82) is 5.41 Å². The second-order valence-electron chi connectivity index (χ2n) is 5.15. The molecule has 0 fully saturated rings. The number of nitrogens with two attached hydrogens (primary N) is 1. The summed E-state index contributed by atoms with van der Waals surface area (Å²) in [5.41, 5.74) is 7.75. The van der Waals surface area contributed by atoms with Gasteiger partial charge in [-0.25, -0.2) is 0 Å². The fourth-order valence-electron chi connectivity index (χ4n) is 2.36. The quantitative estimate of drug-likeness (QED) is 0.644. The molecule has 0 aliphatic carbocycles. The summed E-state index contributed by atoms with van der Waals surface area (Å²) in [7, 11) is 2.02. The summed E-state index contributed by atoms with van der Waals surface area (Å²) in [5.74, 6) is 1.19. The first-order chi connectivity index (χ1) is 8.97. The average molecular weight is 282 g/mol. The molecular formula is C14H20ClN3O. The van der Waals surface area contributed by atoms with Gasteiger partial charge in [0.2, 0.25) is 0 Å². The third-order valence-corrected chi connectivity index (χ3v) is 3.73. The smallest absolute Gasteiger partial charge is 0.127 e. The van der Waals surface area contributed by atoms with Gasteiger partial charge in [0.15, 0.2) is 0 Å².